The molecule has 0 fully saturated rings. The largest absolute Gasteiger partial charge is 0.503 e. The zero-order valence-corrected chi connectivity index (χ0v) is 13.7. The Hall–Kier alpha value is -2.56. The van der Waals surface area contributed by atoms with Crippen LogP contribution in [0, 0.1) is 0 Å². The summed E-state index contributed by atoms with van der Waals surface area (Å²) >= 11 is 6.05. The number of rotatable bonds is 3. The molecule has 0 aliphatic rings. The summed E-state index contributed by atoms with van der Waals surface area (Å²) in [6, 6.07) is 16.3. The highest BCUT2D eigenvalue weighted by atomic mass is 35.5. The van der Waals surface area contributed by atoms with Gasteiger partial charge in [-0.2, -0.15) is 0 Å². The quantitative estimate of drug-likeness (QED) is 0.759. The lowest BCUT2D eigenvalue weighted by molar-refractivity contribution is 0.191. The van der Waals surface area contributed by atoms with Gasteiger partial charge in [-0.15, -0.1) is 0 Å². The van der Waals surface area contributed by atoms with Crippen LogP contribution in [0.1, 0.15) is 18.7 Å². The lowest BCUT2D eigenvalue weighted by Crippen LogP contribution is -2.13. The van der Waals surface area contributed by atoms with Crippen molar-refractivity contribution >= 4 is 11.6 Å². The molecule has 0 radical (unpaired) electrons. The normalized spacial score (nSPS) is 12.1. The number of aliphatic hydroxyl groups excluding tert-OH is 1. The van der Waals surface area contributed by atoms with Crippen LogP contribution in [-0.2, 0) is 0 Å². The molecule has 0 aliphatic heterocycles. The van der Waals surface area contributed by atoms with Gasteiger partial charge in [0, 0.05) is 16.8 Å². The van der Waals surface area contributed by atoms with Crippen LogP contribution in [0.4, 0.5) is 0 Å². The number of hydrogen-bond acceptors (Lipinski definition) is 3. The molecule has 1 aromatic heterocycles. The Morgan fingerprint density at radius 3 is 2.38 bits per heavy atom. The molecule has 2 aromatic carbocycles. The zero-order chi connectivity index (χ0) is 17.3. The van der Waals surface area contributed by atoms with Crippen LogP contribution >= 0.6 is 11.6 Å². The number of pyridine rings is 1. The summed E-state index contributed by atoms with van der Waals surface area (Å²) in [7, 11) is 0. The number of aromatic hydroxyl groups is 1. The Labute approximate surface area is 144 Å². The smallest absolute Gasteiger partial charge is 0.223 e. The molecule has 3 aromatic rings. The molecule has 0 saturated heterocycles. The fraction of sp³-hybridized carbons (Fsp3) is 0.105. The van der Waals surface area contributed by atoms with Crippen molar-refractivity contribution in [3.63, 3.8) is 0 Å². The Kier molecular flexibility index (Phi) is 4.42. The molecule has 0 amide bonds. The first-order valence-electron chi connectivity index (χ1n) is 7.46. The van der Waals surface area contributed by atoms with Gasteiger partial charge >= 0.3 is 0 Å². The molecule has 2 N–H and O–H groups in total. The molecule has 0 bridgehead atoms. The first kappa shape index (κ1) is 16.3. The molecule has 0 spiro atoms. The third-order valence-corrected chi connectivity index (χ3v) is 4.01. The number of benzene rings is 2. The summed E-state index contributed by atoms with van der Waals surface area (Å²) in [4.78, 5) is 11.7. The zero-order valence-electron chi connectivity index (χ0n) is 13.0. The fourth-order valence-corrected chi connectivity index (χ4v) is 2.78. The second-order valence-corrected chi connectivity index (χ2v) is 5.99. The number of aliphatic hydroxyl groups is 1. The number of hydrogen-bond donors (Lipinski definition) is 2. The standard InChI is InChI=1S/C19H16ClNO3/c1-12(22)17-10-18(23)19(24)11-21(17)16-7-3-5-14(9-16)13-4-2-6-15(20)8-13/h2-12,22,24H,1H3. The van der Waals surface area contributed by atoms with E-state index in [1.165, 1.54) is 12.3 Å². The van der Waals surface area contributed by atoms with Crippen molar-refractivity contribution in [3.8, 4) is 22.6 Å². The monoisotopic (exact) mass is 341 g/mol. The van der Waals surface area contributed by atoms with Gasteiger partial charge in [0.2, 0.25) is 5.43 Å². The summed E-state index contributed by atoms with van der Waals surface area (Å²) in [5, 5.41) is 20.3. The summed E-state index contributed by atoms with van der Waals surface area (Å²) in [6.45, 7) is 1.57. The van der Waals surface area contributed by atoms with Crippen LogP contribution in [0.2, 0.25) is 5.02 Å². The van der Waals surface area contributed by atoms with Gasteiger partial charge in [-0.1, -0.05) is 35.9 Å². The van der Waals surface area contributed by atoms with E-state index in [2.05, 4.69) is 0 Å². The fourth-order valence-electron chi connectivity index (χ4n) is 2.59. The first-order valence-corrected chi connectivity index (χ1v) is 7.83. The van der Waals surface area contributed by atoms with Gasteiger partial charge in [-0.3, -0.25) is 4.79 Å². The van der Waals surface area contributed by atoms with E-state index in [0.29, 0.717) is 10.7 Å². The predicted molar refractivity (Wildman–Crippen MR) is 94.8 cm³/mol. The Morgan fingerprint density at radius 1 is 1.04 bits per heavy atom. The average molecular weight is 342 g/mol. The Bertz CT molecular complexity index is 947. The van der Waals surface area contributed by atoms with E-state index >= 15 is 0 Å². The summed E-state index contributed by atoms with van der Waals surface area (Å²) < 4.78 is 1.61. The Balaban J connectivity index is 2.16. The maximum absolute atomic E-state index is 11.7. The van der Waals surface area contributed by atoms with E-state index in [4.69, 9.17) is 11.6 Å². The van der Waals surface area contributed by atoms with Crippen molar-refractivity contribution in [2.24, 2.45) is 0 Å². The van der Waals surface area contributed by atoms with E-state index in [1.807, 2.05) is 42.5 Å². The summed E-state index contributed by atoms with van der Waals surface area (Å²) in [5.41, 5.74) is 2.49. The third kappa shape index (κ3) is 3.20. The van der Waals surface area contributed by atoms with E-state index in [-0.39, 0.29) is 5.75 Å². The van der Waals surface area contributed by atoms with Crippen LogP contribution in [0.25, 0.3) is 16.8 Å². The Morgan fingerprint density at radius 2 is 1.71 bits per heavy atom. The van der Waals surface area contributed by atoms with Crippen LogP contribution < -0.4 is 5.43 Å². The second kappa shape index (κ2) is 6.51. The minimum absolute atomic E-state index is 0.368. The van der Waals surface area contributed by atoms with Gasteiger partial charge in [-0.05, 0) is 42.3 Å². The lowest BCUT2D eigenvalue weighted by Gasteiger charge is -2.17. The molecule has 4 nitrogen and oxygen atoms in total. The van der Waals surface area contributed by atoms with Crippen LogP contribution in [0.15, 0.2) is 65.6 Å². The predicted octanol–water partition coefficient (Wildman–Crippen LogP) is 3.92. The number of halogens is 1. The highest BCUT2D eigenvalue weighted by molar-refractivity contribution is 6.30. The minimum Gasteiger partial charge on any atom is -0.503 e. The van der Waals surface area contributed by atoms with Crippen molar-refractivity contribution in [1.82, 2.24) is 4.57 Å². The van der Waals surface area contributed by atoms with Gasteiger partial charge < -0.3 is 14.8 Å². The molecular formula is C19H16ClNO3. The van der Waals surface area contributed by atoms with Gasteiger partial charge in [0.15, 0.2) is 5.75 Å². The highest BCUT2D eigenvalue weighted by Crippen LogP contribution is 2.26. The molecule has 5 heteroatoms. The van der Waals surface area contributed by atoms with E-state index < -0.39 is 11.5 Å². The molecule has 3 rings (SSSR count). The van der Waals surface area contributed by atoms with E-state index in [0.717, 1.165) is 16.8 Å². The molecule has 0 aliphatic carbocycles. The molecule has 1 atom stereocenters. The van der Waals surface area contributed by atoms with Crippen LogP contribution in [-0.4, -0.2) is 14.8 Å². The first-order chi connectivity index (χ1) is 11.5. The van der Waals surface area contributed by atoms with E-state index in [1.54, 1.807) is 17.6 Å². The molecule has 122 valence electrons. The summed E-state index contributed by atoms with van der Waals surface area (Å²) in [6.07, 6.45) is 0.467. The maximum atomic E-state index is 11.7. The van der Waals surface area contributed by atoms with Gasteiger partial charge in [0.05, 0.1) is 18.0 Å². The molecule has 24 heavy (non-hydrogen) atoms. The van der Waals surface area contributed by atoms with Crippen molar-refractivity contribution in [1.29, 1.82) is 0 Å². The lowest BCUT2D eigenvalue weighted by atomic mass is 10.0. The van der Waals surface area contributed by atoms with Crippen molar-refractivity contribution in [2.45, 2.75) is 13.0 Å². The summed E-state index contributed by atoms with van der Waals surface area (Å²) in [5.74, 6) is -0.368. The van der Waals surface area contributed by atoms with Crippen molar-refractivity contribution < 1.29 is 10.2 Å². The second-order valence-electron chi connectivity index (χ2n) is 5.55. The molecular weight excluding hydrogens is 326 g/mol. The maximum Gasteiger partial charge on any atom is 0.223 e. The van der Waals surface area contributed by atoms with Crippen molar-refractivity contribution in [3.05, 3.63) is 81.7 Å². The minimum atomic E-state index is -0.854. The topological polar surface area (TPSA) is 62.5 Å². The highest BCUT2D eigenvalue weighted by Gasteiger charge is 2.12. The SMILES string of the molecule is CC(O)c1cc(=O)c(O)cn1-c1cccc(-c2cccc(Cl)c2)c1. The van der Waals surface area contributed by atoms with Gasteiger partial charge in [0.1, 0.15) is 0 Å². The van der Waals surface area contributed by atoms with Gasteiger partial charge in [-0.25, -0.2) is 0 Å². The number of aromatic nitrogens is 1. The third-order valence-electron chi connectivity index (χ3n) is 3.77. The molecule has 0 saturated carbocycles. The van der Waals surface area contributed by atoms with Gasteiger partial charge in [0.25, 0.3) is 0 Å². The van der Waals surface area contributed by atoms with Crippen LogP contribution in [0.3, 0.4) is 0 Å². The van der Waals surface area contributed by atoms with Crippen molar-refractivity contribution in [2.75, 3.05) is 0 Å². The van der Waals surface area contributed by atoms with E-state index in [9.17, 15) is 15.0 Å². The average Bonchev–Trinajstić information content (AvgIpc) is 2.57. The van der Waals surface area contributed by atoms with Crippen LogP contribution in [0.5, 0.6) is 5.75 Å². The number of nitrogens with zero attached hydrogens (tertiary/aromatic N) is 1. The molecule has 1 unspecified atom stereocenters. The molecule has 1 heterocycles.